The fourth-order valence-corrected chi connectivity index (χ4v) is 2.40. The Labute approximate surface area is 129 Å². The molecule has 0 atom stereocenters. The van der Waals surface area contributed by atoms with Crippen molar-refractivity contribution in [1.29, 1.82) is 0 Å². The molecule has 1 amide bonds. The van der Waals surface area contributed by atoms with Gasteiger partial charge in [0.05, 0.1) is 25.8 Å². The Morgan fingerprint density at radius 3 is 2.86 bits per heavy atom. The van der Waals surface area contributed by atoms with Gasteiger partial charge in [-0.2, -0.15) is 0 Å². The number of benzene rings is 1. The molecule has 3 rings (SSSR count). The number of methoxy groups -OCH3 is 1. The van der Waals surface area contributed by atoms with E-state index in [4.69, 9.17) is 9.47 Å². The maximum Gasteiger partial charge on any atom is 0.246 e. The van der Waals surface area contributed by atoms with Crippen molar-refractivity contribution >= 4 is 22.9 Å². The van der Waals surface area contributed by atoms with Gasteiger partial charge in [0.1, 0.15) is 0 Å². The van der Waals surface area contributed by atoms with Crippen LogP contribution in [0.4, 0.5) is 0 Å². The molecule has 0 radical (unpaired) electrons. The Hall–Kier alpha value is -2.40. The van der Waals surface area contributed by atoms with Crippen LogP contribution in [0.5, 0.6) is 5.88 Å². The van der Waals surface area contributed by atoms with Gasteiger partial charge in [0.2, 0.25) is 11.8 Å². The van der Waals surface area contributed by atoms with Gasteiger partial charge in [0.25, 0.3) is 0 Å². The van der Waals surface area contributed by atoms with E-state index in [1.807, 2.05) is 36.4 Å². The summed E-state index contributed by atoms with van der Waals surface area (Å²) >= 11 is 0. The number of hydrogen-bond donors (Lipinski definition) is 0. The second kappa shape index (κ2) is 6.58. The molecule has 0 N–H and O–H groups in total. The van der Waals surface area contributed by atoms with E-state index in [9.17, 15) is 4.79 Å². The van der Waals surface area contributed by atoms with E-state index in [1.165, 1.54) is 0 Å². The van der Waals surface area contributed by atoms with Crippen LogP contribution in [0.15, 0.2) is 36.4 Å². The van der Waals surface area contributed by atoms with Crippen LogP contribution in [0.3, 0.4) is 0 Å². The zero-order valence-electron chi connectivity index (χ0n) is 12.5. The summed E-state index contributed by atoms with van der Waals surface area (Å²) in [4.78, 5) is 18.2. The fourth-order valence-electron chi connectivity index (χ4n) is 2.40. The highest BCUT2D eigenvalue weighted by atomic mass is 16.5. The van der Waals surface area contributed by atoms with Gasteiger partial charge in [-0.1, -0.05) is 6.07 Å². The van der Waals surface area contributed by atoms with Gasteiger partial charge in [0, 0.05) is 30.6 Å². The SMILES string of the molecule is COc1ccc2cc(/C=C/C(=O)N3CCOCC3)ccc2n1. The summed E-state index contributed by atoms with van der Waals surface area (Å²) in [7, 11) is 1.60. The Morgan fingerprint density at radius 2 is 2.09 bits per heavy atom. The van der Waals surface area contributed by atoms with Crippen molar-refractivity contribution in [2.24, 2.45) is 0 Å². The van der Waals surface area contributed by atoms with Crippen LogP contribution in [0, 0.1) is 0 Å². The molecule has 2 heterocycles. The van der Waals surface area contributed by atoms with Crippen LogP contribution in [-0.4, -0.2) is 49.2 Å². The third-order valence-electron chi connectivity index (χ3n) is 3.64. The molecular formula is C17H18N2O3. The molecule has 1 aliphatic heterocycles. The van der Waals surface area contributed by atoms with Crippen molar-refractivity contribution in [3.63, 3.8) is 0 Å². The molecule has 1 saturated heterocycles. The molecule has 5 nitrogen and oxygen atoms in total. The zero-order valence-corrected chi connectivity index (χ0v) is 12.5. The molecule has 0 saturated carbocycles. The number of aromatic nitrogens is 1. The highest BCUT2D eigenvalue weighted by molar-refractivity contribution is 5.92. The normalized spacial score (nSPS) is 15.4. The van der Waals surface area contributed by atoms with Crippen LogP contribution >= 0.6 is 0 Å². The lowest BCUT2D eigenvalue weighted by Crippen LogP contribution is -2.39. The minimum atomic E-state index is 0.0243. The first-order chi connectivity index (χ1) is 10.8. The molecular weight excluding hydrogens is 280 g/mol. The summed E-state index contributed by atoms with van der Waals surface area (Å²) in [6, 6.07) is 9.66. The molecule has 5 heteroatoms. The van der Waals surface area contributed by atoms with Crippen LogP contribution in [-0.2, 0) is 9.53 Å². The number of ether oxygens (including phenoxy) is 2. The molecule has 0 aliphatic carbocycles. The molecule has 114 valence electrons. The van der Waals surface area contributed by atoms with Gasteiger partial charge in [0.15, 0.2) is 0 Å². The molecule has 1 aromatic heterocycles. The van der Waals surface area contributed by atoms with E-state index in [2.05, 4.69) is 4.98 Å². The van der Waals surface area contributed by atoms with E-state index in [0.717, 1.165) is 16.5 Å². The molecule has 2 aromatic rings. The first-order valence-electron chi connectivity index (χ1n) is 7.26. The number of nitrogens with zero attached hydrogens (tertiary/aromatic N) is 2. The molecule has 1 aliphatic rings. The minimum Gasteiger partial charge on any atom is -0.481 e. The monoisotopic (exact) mass is 298 g/mol. The third kappa shape index (κ3) is 3.26. The largest absolute Gasteiger partial charge is 0.481 e. The van der Waals surface area contributed by atoms with Crippen LogP contribution in [0.1, 0.15) is 5.56 Å². The minimum absolute atomic E-state index is 0.0243. The van der Waals surface area contributed by atoms with Crippen molar-refractivity contribution in [2.45, 2.75) is 0 Å². The van der Waals surface area contributed by atoms with Crippen LogP contribution in [0.2, 0.25) is 0 Å². The number of pyridine rings is 1. The summed E-state index contributed by atoms with van der Waals surface area (Å²) in [5.41, 5.74) is 1.84. The molecule has 1 fully saturated rings. The van der Waals surface area contributed by atoms with E-state index < -0.39 is 0 Å². The number of amides is 1. The smallest absolute Gasteiger partial charge is 0.246 e. The summed E-state index contributed by atoms with van der Waals surface area (Å²) in [5.74, 6) is 0.620. The first kappa shape index (κ1) is 14.5. The summed E-state index contributed by atoms with van der Waals surface area (Å²) in [6.45, 7) is 2.54. The predicted octanol–water partition coefficient (Wildman–Crippen LogP) is 2.12. The summed E-state index contributed by atoms with van der Waals surface area (Å²) in [5, 5.41) is 1.02. The number of fused-ring (bicyclic) bond motifs is 1. The van der Waals surface area contributed by atoms with E-state index in [1.54, 1.807) is 18.1 Å². The van der Waals surface area contributed by atoms with Gasteiger partial charge in [-0.3, -0.25) is 4.79 Å². The molecule has 0 unspecified atom stereocenters. The number of hydrogen-bond acceptors (Lipinski definition) is 4. The Morgan fingerprint density at radius 1 is 1.27 bits per heavy atom. The topological polar surface area (TPSA) is 51.7 Å². The highest BCUT2D eigenvalue weighted by Crippen LogP contribution is 2.18. The lowest BCUT2D eigenvalue weighted by Gasteiger charge is -2.25. The predicted molar refractivity (Wildman–Crippen MR) is 84.7 cm³/mol. The Kier molecular flexibility index (Phi) is 4.34. The Balaban J connectivity index is 1.75. The average Bonchev–Trinajstić information content (AvgIpc) is 2.59. The van der Waals surface area contributed by atoms with Crippen molar-refractivity contribution in [2.75, 3.05) is 33.4 Å². The van der Waals surface area contributed by atoms with Crippen molar-refractivity contribution < 1.29 is 14.3 Å². The van der Waals surface area contributed by atoms with Gasteiger partial charge in [-0.15, -0.1) is 0 Å². The Bertz CT molecular complexity index is 706. The zero-order chi connectivity index (χ0) is 15.4. The standard InChI is InChI=1S/C17H18N2O3/c1-21-16-6-4-14-12-13(2-5-15(14)18-16)3-7-17(20)19-8-10-22-11-9-19/h2-7,12H,8-11H2,1H3/b7-3+. The highest BCUT2D eigenvalue weighted by Gasteiger charge is 2.13. The molecule has 0 bridgehead atoms. The maximum atomic E-state index is 12.1. The molecule has 1 aromatic carbocycles. The maximum absolute atomic E-state index is 12.1. The van der Waals surface area contributed by atoms with Gasteiger partial charge >= 0.3 is 0 Å². The first-order valence-corrected chi connectivity index (χ1v) is 7.26. The fraction of sp³-hybridized carbons (Fsp3) is 0.294. The number of carbonyl (C=O) groups excluding carboxylic acids is 1. The second-order valence-corrected chi connectivity index (χ2v) is 5.08. The third-order valence-corrected chi connectivity index (χ3v) is 3.64. The lowest BCUT2D eigenvalue weighted by atomic mass is 10.1. The lowest BCUT2D eigenvalue weighted by molar-refractivity contribution is -0.129. The van der Waals surface area contributed by atoms with Crippen LogP contribution in [0.25, 0.3) is 17.0 Å². The van der Waals surface area contributed by atoms with E-state index in [0.29, 0.717) is 32.2 Å². The number of morpholine rings is 1. The number of rotatable bonds is 3. The van der Waals surface area contributed by atoms with Gasteiger partial charge in [-0.05, 0) is 29.8 Å². The van der Waals surface area contributed by atoms with Gasteiger partial charge < -0.3 is 14.4 Å². The van der Waals surface area contributed by atoms with Gasteiger partial charge in [-0.25, -0.2) is 4.98 Å². The van der Waals surface area contributed by atoms with Crippen LogP contribution < -0.4 is 4.74 Å². The summed E-state index contributed by atoms with van der Waals surface area (Å²) < 4.78 is 10.4. The van der Waals surface area contributed by atoms with E-state index in [-0.39, 0.29) is 5.91 Å². The number of carbonyl (C=O) groups is 1. The molecule has 0 spiro atoms. The molecule has 22 heavy (non-hydrogen) atoms. The van der Waals surface area contributed by atoms with E-state index >= 15 is 0 Å². The van der Waals surface area contributed by atoms with Crippen molar-refractivity contribution in [1.82, 2.24) is 9.88 Å². The quantitative estimate of drug-likeness (QED) is 0.815. The average molecular weight is 298 g/mol. The summed E-state index contributed by atoms with van der Waals surface area (Å²) in [6.07, 6.45) is 3.45. The van der Waals surface area contributed by atoms with Crippen molar-refractivity contribution in [3.05, 3.63) is 42.0 Å². The van der Waals surface area contributed by atoms with Crippen molar-refractivity contribution in [3.8, 4) is 5.88 Å². The second-order valence-electron chi connectivity index (χ2n) is 5.08.